The minimum absolute atomic E-state index is 0.611. The molecule has 0 spiro atoms. The van der Waals surface area contributed by atoms with E-state index in [0.717, 1.165) is 22.9 Å². The van der Waals surface area contributed by atoms with Crippen LogP contribution in [0, 0.1) is 0 Å². The van der Waals surface area contributed by atoms with E-state index in [1.54, 1.807) is 6.07 Å². The molecule has 0 aliphatic rings. The van der Waals surface area contributed by atoms with Crippen molar-refractivity contribution in [1.29, 1.82) is 0 Å². The largest absolute Gasteiger partial charge is 0.0888 e. The summed E-state index contributed by atoms with van der Waals surface area (Å²) in [6, 6.07) is 5.67. The molecule has 3 heteroatoms. The van der Waals surface area contributed by atoms with Crippen LogP contribution in [0.2, 0.25) is 10.0 Å². The Morgan fingerprint density at radius 2 is 2.08 bits per heavy atom. The fourth-order valence-electron chi connectivity index (χ4n) is 1.01. The van der Waals surface area contributed by atoms with Crippen LogP contribution in [0.4, 0.5) is 0 Å². The lowest BCUT2D eigenvalue weighted by Crippen LogP contribution is -1.86. The molecule has 0 nitrogen and oxygen atoms in total. The van der Waals surface area contributed by atoms with Crippen molar-refractivity contribution in [3.8, 4) is 0 Å². The smallest absolute Gasteiger partial charge is 0.0624 e. The molecule has 0 aromatic heterocycles. The first-order valence-electron chi connectivity index (χ1n) is 3.87. The summed E-state index contributed by atoms with van der Waals surface area (Å²) in [6.07, 6.45) is 1.74. The van der Waals surface area contributed by atoms with Crippen LogP contribution < -0.4 is 0 Å². The fraction of sp³-hybridized carbons (Fsp3) is 0.200. The third-order valence-electron chi connectivity index (χ3n) is 1.70. The van der Waals surface area contributed by atoms with E-state index in [-0.39, 0.29) is 0 Å². The molecule has 0 atom stereocenters. The summed E-state index contributed by atoms with van der Waals surface area (Å²) in [5.41, 5.74) is 1.06. The number of rotatable bonds is 3. The lowest BCUT2D eigenvalue weighted by atomic mass is 10.1. The maximum absolute atomic E-state index is 6.00. The Morgan fingerprint density at radius 3 is 2.69 bits per heavy atom. The molecule has 0 heterocycles. The number of hydrogen-bond donors (Lipinski definition) is 0. The van der Waals surface area contributed by atoms with Gasteiger partial charge in [0.25, 0.3) is 0 Å². The van der Waals surface area contributed by atoms with Gasteiger partial charge in [0.1, 0.15) is 0 Å². The molecule has 1 aromatic rings. The van der Waals surface area contributed by atoms with Crippen LogP contribution in [0.25, 0.3) is 0 Å². The second-order valence-electron chi connectivity index (χ2n) is 2.73. The zero-order valence-corrected chi connectivity index (χ0v) is 10.1. The minimum atomic E-state index is 0.611. The molecule has 0 bridgehead atoms. The maximum atomic E-state index is 6.00. The Labute approximate surface area is 96.7 Å². The van der Waals surface area contributed by atoms with E-state index in [1.165, 1.54) is 0 Å². The fourth-order valence-corrected chi connectivity index (χ4v) is 1.62. The molecular weight excluding hydrogens is 271 g/mol. The van der Waals surface area contributed by atoms with Crippen molar-refractivity contribution in [2.24, 2.45) is 0 Å². The number of aryl methyl sites for hydroxylation is 1. The average Bonchev–Trinajstić information content (AvgIpc) is 2.07. The third kappa shape index (κ3) is 3.34. The summed E-state index contributed by atoms with van der Waals surface area (Å²) in [5.74, 6) is 0. The van der Waals surface area contributed by atoms with Crippen molar-refractivity contribution in [3.63, 3.8) is 0 Å². The first-order valence-corrected chi connectivity index (χ1v) is 5.42. The predicted octanol–water partition coefficient (Wildman–Crippen LogP) is 4.83. The molecule has 13 heavy (non-hydrogen) atoms. The van der Waals surface area contributed by atoms with Crippen molar-refractivity contribution in [2.75, 3.05) is 0 Å². The number of benzene rings is 1. The van der Waals surface area contributed by atoms with E-state index in [9.17, 15) is 0 Å². The van der Waals surface area contributed by atoms with Crippen LogP contribution in [-0.2, 0) is 6.42 Å². The van der Waals surface area contributed by atoms with E-state index in [4.69, 9.17) is 23.2 Å². The molecule has 0 aliphatic heterocycles. The second kappa shape index (κ2) is 5.04. The molecule has 0 aliphatic carbocycles. The van der Waals surface area contributed by atoms with Gasteiger partial charge >= 0.3 is 0 Å². The summed E-state index contributed by atoms with van der Waals surface area (Å²) < 4.78 is 0.976. The van der Waals surface area contributed by atoms with Crippen molar-refractivity contribution in [1.82, 2.24) is 0 Å². The van der Waals surface area contributed by atoms with E-state index in [2.05, 4.69) is 22.5 Å². The first-order chi connectivity index (χ1) is 6.11. The summed E-state index contributed by atoms with van der Waals surface area (Å²) in [7, 11) is 0. The van der Waals surface area contributed by atoms with Crippen LogP contribution in [-0.4, -0.2) is 0 Å². The zero-order valence-electron chi connectivity index (χ0n) is 6.99. The minimum Gasteiger partial charge on any atom is -0.0888 e. The number of halogens is 3. The lowest BCUT2D eigenvalue weighted by Gasteiger charge is -2.04. The standard InChI is InChI=1S/C10H9BrCl2/c1-7(11)5-6-8-3-2-4-9(12)10(8)13/h2-4H,1,5-6H2. The first kappa shape index (κ1) is 11.1. The van der Waals surface area contributed by atoms with E-state index >= 15 is 0 Å². The second-order valence-corrected chi connectivity index (χ2v) is 4.64. The summed E-state index contributed by atoms with van der Waals surface area (Å²) in [6.45, 7) is 3.76. The van der Waals surface area contributed by atoms with Gasteiger partial charge in [-0.2, -0.15) is 0 Å². The molecule has 0 unspecified atom stereocenters. The molecule has 70 valence electrons. The van der Waals surface area contributed by atoms with Crippen molar-refractivity contribution in [3.05, 3.63) is 44.9 Å². The highest BCUT2D eigenvalue weighted by Crippen LogP contribution is 2.27. The molecule has 1 aromatic carbocycles. The molecule has 0 N–H and O–H groups in total. The Morgan fingerprint density at radius 1 is 1.38 bits per heavy atom. The van der Waals surface area contributed by atoms with E-state index in [0.29, 0.717) is 10.0 Å². The lowest BCUT2D eigenvalue weighted by molar-refractivity contribution is 0.996. The summed E-state index contributed by atoms with van der Waals surface area (Å²) in [4.78, 5) is 0. The van der Waals surface area contributed by atoms with Crippen molar-refractivity contribution < 1.29 is 0 Å². The van der Waals surface area contributed by atoms with Gasteiger partial charge in [0.15, 0.2) is 0 Å². The van der Waals surface area contributed by atoms with Crippen LogP contribution in [0.3, 0.4) is 0 Å². The van der Waals surface area contributed by atoms with Crippen LogP contribution in [0.15, 0.2) is 29.3 Å². The van der Waals surface area contributed by atoms with Crippen molar-refractivity contribution >= 4 is 39.1 Å². The van der Waals surface area contributed by atoms with Gasteiger partial charge in [0.05, 0.1) is 10.0 Å². The normalized spacial score (nSPS) is 10.1. The Balaban J connectivity index is 2.77. The van der Waals surface area contributed by atoms with Gasteiger partial charge in [-0.1, -0.05) is 57.8 Å². The van der Waals surface area contributed by atoms with Gasteiger partial charge in [-0.15, -0.1) is 0 Å². The number of allylic oxidation sites excluding steroid dienone is 1. The predicted molar refractivity (Wildman–Crippen MR) is 62.9 cm³/mol. The molecule has 0 saturated heterocycles. The van der Waals surface area contributed by atoms with Crippen LogP contribution in [0.5, 0.6) is 0 Å². The molecule has 0 saturated carbocycles. The Hall–Kier alpha value is 0.0200. The molecule has 0 amide bonds. The highest BCUT2D eigenvalue weighted by atomic mass is 79.9. The Bertz CT molecular complexity index is 321. The molecular formula is C10H9BrCl2. The molecule has 0 radical (unpaired) electrons. The number of hydrogen-bond acceptors (Lipinski definition) is 0. The van der Waals surface area contributed by atoms with Gasteiger partial charge in [-0.25, -0.2) is 0 Å². The van der Waals surface area contributed by atoms with Gasteiger partial charge in [-0.05, 0) is 29.0 Å². The topological polar surface area (TPSA) is 0 Å². The van der Waals surface area contributed by atoms with Crippen LogP contribution in [0.1, 0.15) is 12.0 Å². The van der Waals surface area contributed by atoms with Crippen LogP contribution >= 0.6 is 39.1 Å². The molecule has 0 fully saturated rings. The van der Waals surface area contributed by atoms with E-state index in [1.807, 2.05) is 12.1 Å². The zero-order chi connectivity index (χ0) is 9.84. The summed E-state index contributed by atoms with van der Waals surface area (Å²) in [5, 5.41) is 1.26. The monoisotopic (exact) mass is 278 g/mol. The highest BCUT2D eigenvalue weighted by Gasteiger charge is 2.03. The summed E-state index contributed by atoms with van der Waals surface area (Å²) >= 11 is 15.2. The maximum Gasteiger partial charge on any atom is 0.0624 e. The Kier molecular flexibility index (Phi) is 4.30. The average molecular weight is 280 g/mol. The van der Waals surface area contributed by atoms with Gasteiger partial charge in [0, 0.05) is 0 Å². The SMILES string of the molecule is C=C(Br)CCc1cccc(Cl)c1Cl. The van der Waals surface area contributed by atoms with E-state index < -0.39 is 0 Å². The highest BCUT2D eigenvalue weighted by molar-refractivity contribution is 9.11. The molecule has 1 rings (SSSR count). The third-order valence-corrected chi connectivity index (χ3v) is 2.95. The van der Waals surface area contributed by atoms with Gasteiger partial charge in [0.2, 0.25) is 0 Å². The van der Waals surface area contributed by atoms with Gasteiger partial charge < -0.3 is 0 Å². The quantitative estimate of drug-likeness (QED) is 0.743. The van der Waals surface area contributed by atoms with Crippen molar-refractivity contribution in [2.45, 2.75) is 12.8 Å². The van der Waals surface area contributed by atoms with Gasteiger partial charge in [-0.3, -0.25) is 0 Å².